The van der Waals surface area contributed by atoms with E-state index in [1.807, 2.05) is 12.2 Å². The van der Waals surface area contributed by atoms with Crippen molar-refractivity contribution >= 4 is 40.6 Å². The van der Waals surface area contributed by atoms with Crippen LogP contribution in [0.4, 0.5) is 28.4 Å². The lowest BCUT2D eigenvalue weighted by Crippen LogP contribution is -2.26. The van der Waals surface area contributed by atoms with E-state index in [1.165, 1.54) is 124 Å². The smallest absolute Gasteiger partial charge is 0.0465 e. The summed E-state index contributed by atoms with van der Waals surface area (Å²) >= 11 is 0. The van der Waals surface area contributed by atoms with Crippen LogP contribution in [0.2, 0.25) is 0 Å². The summed E-state index contributed by atoms with van der Waals surface area (Å²) in [5, 5.41) is 4.06. The van der Waals surface area contributed by atoms with Crippen molar-refractivity contribution in [2.24, 2.45) is 0 Å². The van der Waals surface area contributed by atoms with E-state index in [9.17, 15) is 0 Å². The molecule has 2 nitrogen and oxygen atoms in total. The van der Waals surface area contributed by atoms with Crippen molar-refractivity contribution in [2.45, 2.75) is 83.5 Å². The second-order valence-electron chi connectivity index (χ2n) is 21.5. The molecule has 0 saturated carbocycles. The number of hydrogen-bond acceptors (Lipinski definition) is 2. The summed E-state index contributed by atoms with van der Waals surface area (Å²) in [5.74, 6) is 0. The van der Waals surface area contributed by atoms with Gasteiger partial charge in [0.15, 0.2) is 0 Å². The molecule has 390 valence electrons. The fourth-order valence-electron chi connectivity index (χ4n) is 12.1. The van der Waals surface area contributed by atoms with E-state index in [1.54, 1.807) is 0 Å². The second-order valence-corrected chi connectivity index (χ2v) is 21.5. The Hall–Kier alpha value is -8.72. The number of nitrogens with one attached hydrogen (secondary N) is 1. The van der Waals surface area contributed by atoms with Gasteiger partial charge in [-0.2, -0.15) is 0 Å². The molecule has 0 amide bonds. The summed E-state index contributed by atoms with van der Waals surface area (Å²) in [5.41, 5.74) is 25.2. The van der Waals surface area contributed by atoms with Crippen molar-refractivity contribution < 1.29 is 0 Å². The van der Waals surface area contributed by atoms with Crippen LogP contribution in [0.25, 0.3) is 78.9 Å². The summed E-state index contributed by atoms with van der Waals surface area (Å²) in [4.78, 5) is 2.48. The van der Waals surface area contributed by atoms with Crippen molar-refractivity contribution in [1.82, 2.24) is 0 Å². The summed E-state index contributed by atoms with van der Waals surface area (Å²) in [6, 6.07) is 87.6. The van der Waals surface area contributed by atoms with Gasteiger partial charge in [0.2, 0.25) is 0 Å². The Balaban J connectivity index is 1.02. The Morgan fingerprint density at radius 2 is 0.785 bits per heavy atom. The predicted octanol–water partition coefficient (Wildman–Crippen LogP) is 22.7. The Labute approximate surface area is 470 Å². The minimum Gasteiger partial charge on any atom is -0.355 e. The van der Waals surface area contributed by atoms with Gasteiger partial charge in [-0.25, -0.2) is 0 Å². The maximum atomic E-state index is 4.06. The highest BCUT2D eigenvalue weighted by atomic mass is 15.1. The van der Waals surface area contributed by atoms with Crippen molar-refractivity contribution in [3.05, 3.63) is 272 Å². The minimum atomic E-state index is -0.167. The predicted molar refractivity (Wildman–Crippen MR) is 342 cm³/mol. The average Bonchev–Trinajstić information content (AvgIpc) is 3.87. The Morgan fingerprint density at radius 3 is 1.32 bits per heavy atom. The molecule has 0 spiro atoms. The Kier molecular flexibility index (Phi) is 16.1. The second kappa shape index (κ2) is 24.3. The highest BCUT2D eigenvalue weighted by molar-refractivity contribution is 5.91. The minimum absolute atomic E-state index is 0.167. The average molecular weight is 1030 g/mol. The monoisotopic (exact) mass is 1020 g/mol. The zero-order valence-electron chi connectivity index (χ0n) is 46.1. The Morgan fingerprint density at radius 1 is 0.354 bits per heavy atom. The van der Waals surface area contributed by atoms with Crippen molar-refractivity contribution in [3.8, 4) is 66.8 Å². The van der Waals surface area contributed by atoms with Crippen LogP contribution in [0.15, 0.2) is 250 Å². The maximum absolute atomic E-state index is 4.06. The molecule has 1 aliphatic carbocycles. The maximum Gasteiger partial charge on any atom is 0.0465 e. The zero-order chi connectivity index (χ0) is 54.0. The lowest BCUT2D eigenvalue weighted by atomic mass is 9.70. The molecule has 0 saturated heterocycles. The van der Waals surface area contributed by atoms with Crippen LogP contribution in [0, 0.1) is 0 Å². The zero-order valence-corrected chi connectivity index (χ0v) is 46.1. The van der Waals surface area contributed by atoms with E-state index in [0.717, 1.165) is 57.8 Å². The topological polar surface area (TPSA) is 15.3 Å². The van der Waals surface area contributed by atoms with Gasteiger partial charge in [0.1, 0.15) is 0 Å². The van der Waals surface area contributed by atoms with Crippen LogP contribution in [0.5, 0.6) is 0 Å². The van der Waals surface area contributed by atoms with Crippen LogP contribution in [0.3, 0.4) is 0 Å². The van der Waals surface area contributed by atoms with E-state index in [2.05, 4.69) is 274 Å². The SMILES string of the molecule is C=Cc1ccc(-c2cccc(-c3cc(-c4ccc(C=C)cc4)ccc3Nc3ccc4c(c3)C(CCCCCC)(CCCCCC)c3cc(N(c5ccc(-c6ccccc6)cc5)c5ccc(-c6ccccc6)cc5)ccc3-4)c2)cc1. The molecule has 0 bridgehead atoms. The number of rotatable bonds is 22. The number of nitrogens with zero attached hydrogens (tertiary/aromatic N) is 1. The fourth-order valence-corrected chi connectivity index (χ4v) is 12.1. The molecular weight excluding hydrogens is 953 g/mol. The third-order valence-electron chi connectivity index (χ3n) is 16.4. The first-order valence-electron chi connectivity index (χ1n) is 28.8. The van der Waals surface area contributed by atoms with Crippen LogP contribution >= 0.6 is 0 Å². The highest BCUT2D eigenvalue weighted by Gasteiger charge is 2.43. The molecule has 1 N–H and O–H groups in total. The fraction of sp³-hybridized carbons (Fsp3) is 0.169. The lowest BCUT2D eigenvalue weighted by molar-refractivity contribution is 0.401. The number of fused-ring (bicyclic) bond motifs is 3. The van der Waals surface area contributed by atoms with Gasteiger partial charge in [-0.3, -0.25) is 0 Å². The highest BCUT2D eigenvalue weighted by Crippen LogP contribution is 2.56. The van der Waals surface area contributed by atoms with E-state index >= 15 is 0 Å². The Bertz CT molecular complexity index is 3570. The lowest BCUT2D eigenvalue weighted by Gasteiger charge is -2.34. The van der Waals surface area contributed by atoms with Crippen LogP contribution in [0.1, 0.15) is 100 Å². The van der Waals surface area contributed by atoms with Crippen molar-refractivity contribution in [3.63, 3.8) is 0 Å². The molecule has 11 rings (SSSR count). The molecule has 1 aliphatic rings. The number of anilines is 5. The summed E-state index contributed by atoms with van der Waals surface area (Å²) in [7, 11) is 0. The van der Waals surface area contributed by atoms with E-state index < -0.39 is 0 Å². The third kappa shape index (κ3) is 11.3. The van der Waals surface area contributed by atoms with Gasteiger partial charge in [-0.15, -0.1) is 0 Å². The molecule has 10 aromatic carbocycles. The molecule has 0 fully saturated rings. The van der Waals surface area contributed by atoms with Gasteiger partial charge in [-0.1, -0.05) is 260 Å². The molecule has 0 heterocycles. The molecule has 2 heteroatoms. The van der Waals surface area contributed by atoms with Crippen molar-refractivity contribution in [2.75, 3.05) is 10.2 Å². The van der Waals surface area contributed by atoms with Crippen LogP contribution in [-0.2, 0) is 5.41 Å². The molecule has 0 atom stereocenters. The van der Waals surface area contributed by atoms with Gasteiger partial charge in [0.25, 0.3) is 0 Å². The van der Waals surface area contributed by atoms with Crippen molar-refractivity contribution in [1.29, 1.82) is 0 Å². The number of hydrogen-bond donors (Lipinski definition) is 1. The van der Waals surface area contributed by atoms with Crippen LogP contribution in [-0.4, -0.2) is 0 Å². The summed E-state index contributed by atoms with van der Waals surface area (Å²) in [6.07, 6.45) is 15.7. The molecule has 79 heavy (non-hydrogen) atoms. The van der Waals surface area contributed by atoms with Gasteiger partial charge in [-0.05, 0) is 163 Å². The van der Waals surface area contributed by atoms with Crippen LogP contribution < -0.4 is 10.2 Å². The quantitative estimate of drug-likeness (QED) is 0.0681. The molecule has 10 aromatic rings. The number of benzene rings is 10. The van der Waals surface area contributed by atoms with Gasteiger partial charge < -0.3 is 10.2 Å². The summed E-state index contributed by atoms with van der Waals surface area (Å²) < 4.78 is 0. The molecule has 0 aromatic heterocycles. The molecule has 0 unspecified atom stereocenters. The van der Waals surface area contributed by atoms with Gasteiger partial charge in [0, 0.05) is 39.4 Å². The largest absolute Gasteiger partial charge is 0.355 e. The molecule has 0 aliphatic heterocycles. The standard InChI is InChI=1S/C77H72N2/c1-5-9-11-19-50-77(51-20-12-10-6-2)74-54-67(78-76-49-40-65(63-34-30-57(8-4)31-35-63)53-73(76)66-27-21-26-64(52-66)62-32-28-56(7-3)29-33-62)41-47-71(74)72-48-46-70(55-75(72)77)79(68-42-36-60(37-43-68)58-22-15-13-16-23-58)69-44-38-61(39-45-69)59-24-17-14-18-25-59/h7-8,13-18,21-49,52-55,78H,3-6,9-12,19-20,50-51H2,1-2H3. The van der Waals surface area contributed by atoms with E-state index in [0.29, 0.717) is 0 Å². The summed E-state index contributed by atoms with van der Waals surface area (Å²) in [6.45, 7) is 12.6. The molecular formula is C77H72N2. The van der Waals surface area contributed by atoms with E-state index in [-0.39, 0.29) is 5.41 Å². The third-order valence-corrected chi connectivity index (χ3v) is 16.4. The normalized spacial score (nSPS) is 12.1. The first-order valence-corrected chi connectivity index (χ1v) is 28.8. The first-order chi connectivity index (χ1) is 38.9. The van der Waals surface area contributed by atoms with E-state index in [4.69, 9.17) is 0 Å². The number of unbranched alkanes of at least 4 members (excludes halogenated alkanes) is 6. The first kappa shape index (κ1) is 52.3. The molecule has 0 radical (unpaired) electrons. The van der Waals surface area contributed by atoms with Gasteiger partial charge >= 0.3 is 0 Å². The van der Waals surface area contributed by atoms with Gasteiger partial charge in [0.05, 0.1) is 0 Å².